The molecular weight excluding hydrogens is 408 g/mol. The van der Waals surface area contributed by atoms with Crippen LogP contribution in [0.4, 0.5) is 14.5 Å². The summed E-state index contributed by atoms with van der Waals surface area (Å²) in [5.41, 5.74) is -1.15. The van der Waals surface area contributed by atoms with Crippen LogP contribution in [0.25, 0.3) is 0 Å². The van der Waals surface area contributed by atoms with Gasteiger partial charge in [-0.1, -0.05) is 6.92 Å². The number of rotatable bonds is 4. The van der Waals surface area contributed by atoms with Crippen molar-refractivity contribution in [3.05, 3.63) is 30.1 Å². The number of ketones is 1. The zero-order chi connectivity index (χ0) is 22.7. The molecule has 1 aromatic rings. The van der Waals surface area contributed by atoms with E-state index in [1.807, 2.05) is 6.92 Å². The summed E-state index contributed by atoms with van der Waals surface area (Å²) in [6.07, 6.45) is 7.22. The van der Waals surface area contributed by atoms with Crippen molar-refractivity contribution in [2.75, 3.05) is 11.9 Å². The predicted octanol–water partition coefficient (Wildman–Crippen LogP) is 5.92. The second kappa shape index (κ2) is 7.78. The SMILES string of the molecule is C[C@@]1(O)CC[C@@]2(F)C(CC[C@@H]3C2CC[C@@]2(C)C3CC[C@@H]2C(=O)CNc2ccc(F)cc2)C1. The molecule has 0 spiro atoms. The van der Waals surface area contributed by atoms with Gasteiger partial charge in [-0.25, -0.2) is 8.78 Å². The molecule has 0 saturated heterocycles. The lowest BCUT2D eigenvalue weighted by Gasteiger charge is -2.59. The zero-order valence-corrected chi connectivity index (χ0v) is 19.4. The number of alkyl halides is 1. The third kappa shape index (κ3) is 3.59. The molecule has 0 bridgehead atoms. The highest BCUT2D eigenvalue weighted by molar-refractivity contribution is 5.86. The van der Waals surface area contributed by atoms with Crippen molar-refractivity contribution in [1.29, 1.82) is 0 Å². The van der Waals surface area contributed by atoms with Crippen LogP contribution >= 0.6 is 0 Å². The van der Waals surface area contributed by atoms with Gasteiger partial charge in [0.15, 0.2) is 5.78 Å². The van der Waals surface area contributed by atoms with Crippen LogP contribution < -0.4 is 5.32 Å². The van der Waals surface area contributed by atoms with Gasteiger partial charge in [-0.2, -0.15) is 0 Å². The molecule has 0 radical (unpaired) electrons. The number of halogens is 2. The first-order chi connectivity index (χ1) is 15.1. The number of fused-ring (bicyclic) bond motifs is 5. The van der Waals surface area contributed by atoms with E-state index in [-0.39, 0.29) is 41.3 Å². The highest BCUT2D eigenvalue weighted by Crippen LogP contribution is 2.66. The lowest BCUT2D eigenvalue weighted by Crippen LogP contribution is -2.58. The van der Waals surface area contributed by atoms with E-state index < -0.39 is 11.3 Å². The van der Waals surface area contributed by atoms with Crippen molar-refractivity contribution in [3.8, 4) is 0 Å². The standard InChI is InChI=1S/C27H37F2NO2/c1-25(32)13-14-27(29)17(15-25)3-8-20-21-9-10-23(26(21,2)12-11-22(20)27)24(31)16-30-19-6-4-18(28)5-7-19/h4-7,17,20-23,30,32H,3,8-16H2,1-2H3/t17?,20-,21?,22?,23+,25+,26-,27+/m0/s1. The summed E-state index contributed by atoms with van der Waals surface area (Å²) >= 11 is 0. The van der Waals surface area contributed by atoms with Gasteiger partial charge in [-0.05, 0) is 118 Å². The van der Waals surface area contributed by atoms with Crippen LogP contribution in [-0.2, 0) is 4.79 Å². The maximum atomic E-state index is 16.5. The van der Waals surface area contributed by atoms with Gasteiger partial charge in [0.2, 0.25) is 0 Å². The number of aliphatic hydroxyl groups is 1. The summed E-state index contributed by atoms with van der Waals surface area (Å²) in [5, 5.41) is 13.7. The Balaban J connectivity index is 1.28. The molecule has 0 aromatic heterocycles. The summed E-state index contributed by atoms with van der Waals surface area (Å²) in [7, 11) is 0. The Kier molecular flexibility index (Phi) is 5.43. The Morgan fingerprint density at radius 1 is 1.03 bits per heavy atom. The summed E-state index contributed by atoms with van der Waals surface area (Å²) in [6, 6.07) is 6.12. The molecule has 4 fully saturated rings. The fraction of sp³-hybridized carbons (Fsp3) is 0.741. The number of carbonyl (C=O) groups excluding carboxylic acids is 1. The van der Waals surface area contributed by atoms with E-state index in [9.17, 15) is 14.3 Å². The average molecular weight is 446 g/mol. The van der Waals surface area contributed by atoms with Crippen molar-refractivity contribution in [2.24, 2.45) is 35.0 Å². The van der Waals surface area contributed by atoms with Gasteiger partial charge in [0.05, 0.1) is 12.1 Å². The van der Waals surface area contributed by atoms with Gasteiger partial charge in [0.25, 0.3) is 0 Å². The number of nitrogens with one attached hydrogen (secondary N) is 1. The number of Topliss-reactive ketones (excluding diaryl/α,β-unsaturated/α-hetero) is 1. The molecule has 4 aliphatic rings. The lowest BCUT2D eigenvalue weighted by molar-refractivity contribution is -0.165. The second-order valence-electron chi connectivity index (χ2n) is 11.8. The topological polar surface area (TPSA) is 49.3 Å². The monoisotopic (exact) mass is 445 g/mol. The van der Waals surface area contributed by atoms with Crippen molar-refractivity contribution in [1.82, 2.24) is 0 Å². The first-order valence-corrected chi connectivity index (χ1v) is 12.6. The second-order valence-corrected chi connectivity index (χ2v) is 11.8. The van der Waals surface area contributed by atoms with Gasteiger partial charge < -0.3 is 10.4 Å². The van der Waals surface area contributed by atoms with E-state index in [4.69, 9.17) is 0 Å². The van der Waals surface area contributed by atoms with E-state index in [1.54, 1.807) is 12.1 Å². The van der Waals surface area contributed by atoms with Gasteiger partial charge in [-0.3, -0.25) is 4.79 Å². The first kappa shape index (κ1) is 22.3. The van der Waals surface area contributed by atoms with Crippen LogP contribution in [0.5, 0.6) is 0 Å². The van der Waals surface area contributed by atoms with Crippen LogP contribution in [0.15, 0.2) is 24.3 Å². The normalized spacial score (nSPS) is 45.5. The highest BCUT2D eigenvalue weighted by Gasteiger charge is 2.63. The molecule has 3 unspecified atom stereocenters. The molecule has 5 heteroatoms. The Bertz CT molecular complexity index is 871. The van der Waals surface area contributed by atoms with Crippen LogP contribution in [-0.4, -0.2) is 28.7 Å². The minimum atomic E-state index is -1.14. The van der Waals surface area contributed by atoms with Crippen LogP contribution in [0, 0.1) is 40.8 Å². The number of hydrogen-bond acceptors (Lipinski definition) is 3. The van der Waals surface area contributed by atoms with Crippen LogP contribution in [0.1, 0.15) is 71.6 Å². The van der Waals surface area contributed by atoms with Crippen molar-refractivity contribution < 1.29 is 18.7 Å². The third-order valence-corrected chi connectivity index (χ3v) is 10.0. The van der Waals surface area contributed by atoms with Gasteiger partial charge in [0, 0.05) is 11.6 Å². The minimum Gasteiger partial charge on any atom is -0.390 e. The zero-order valence-electron chi connectivity index (χ0n) is 19.4. The van der Waals surface area contributed by atoms with E-state index in [0.29, 0.717) is 31.1 Å². The predicted molar refractivity (Wildman–Crippen MR) is 121 cm³/mol. The lowest BCUT2D eigenvalue weighted by atomic mass is 9.48. The van der Waals surface area contributed by atoms with Crippen LogP contribution in [0.2, 0.25) is 0 Å². The Labute approximate surface area is 190 Å². The average Bonchev–Trinajstić information content (AvgIpc) is 3.11. The summed E-state index contributed by atoms with van der Waals surface area (Å²) < 4.78 is 29.6. The molecule has 4 saturated carbocycles. The van der Waals surface area contributed by atoms with E-state index in [2.05, 4.69) is 12.2 Å². The van der Waals surface area contributed by atoms with Gasteiger partial charge in [-0.15, -0.1) is 0 Å². The Morgan fingerprint density at radius 3 is 2.53 bits per heavy atom. The molecule has 176 valence electrons. The number of benzene rings is 1. The molecule has 4 aliphatic carbocycles. The first-order valence-electron chi connectivity index (χ1n) is 12.6. The minimum absolute atomic E-state index is 0.0155. The van der Waals surface area contributed by atoms with E-state index in [1.165, 1.54) is 12.1 Å². The number of carbonyl (C=O) groups is 1. The molecule has 0 amide bonds. The number of anilines is 1. The molecule has 8 atom stereocenters. The maximum Gasteiger partial charge on any atom is 0.155 e. The highest BCUT2D eigenvalue weighted by atomic mass is 19.1. The fourth-order valence-corrected chi connectivity index (χ4v) is 8.39. The van der Waals surface area contributed by atoms with Gasteiger partial charge >= 0.3 is 0 Å². The van der Waals surface area contributed by atoms with Gasteiger partial charge in [0.1, 0.15) is 11.5 Å². The quantitative estimate of drug-likeness (QED) is 0.605. The largest absolute Gasteiger partial charge is 0.390 e. The summed E-state index contributed by atoms with van der Waals surface area (Å²) in [4.78, 5) is 13.2. The molecule has 5 rings (SSSR count). The molecular formula is C27H37F2NO2. The van der Waals surface area contributed by atoms with E-state index >= 15 is 4.39 Å². The smallest absolute Gasteiger partial charge is 0.155 e. The fourth-order valence-electron chi connectivity index (χ4n) is 8.39. The molecule has 3 nitrogen and oxygen atoms in total. The van der Waals surface area contributed by atoms with Crippen molar-refractivity contribution in [2.45, 2.75) is 82.9 Å². The maximum absolute atomic E-state index is 16.5. The molecule has 1 aromatic carbocycles. The molecule has 0 aliphatic heterocycles. The molecule has 2 N–H and O–H groups in total. The van der Waals surface area contributed by atoms with E-state index in [0.717, 1.165) is 44.2 Å². The third-order valence-electron chi connectivity index (χ3n) is 10.0. The molecule has 32 heavy (non-hydrogen) atoms. The number of hydrogen-bond donors (Lipinski definition) is 2. The van der Waals surface area contributed by atoms with Crippen molar-refractivity contribution >= 4 is 11.5 Å². The summed E-state index contributed by atoms with van der Waals surface area (Å²) in [5.74, 6) is 0.804. The van der Waals surface area contributed by atoms with Crippen LogP contribution in [0.3, 0.4) is 0 Å². The Morgan fingerprint density at radius 2 is 1.78 bits per heavy atom. The van der Waals surface area contributed by atoms with Crippen molar-refractivity contribution in [3.63, 3.8) is 0 Å². The Hall–Kier alpha value is -1.49. The summed E-state index contributed by atoms with van der Waals surface area (Å²) in [6.45, 7) is 4.41. The molecule has 0 heterocycles.